The van der Waals surface area contributed by atoms with Crippen LogP contribution in [0.25, 0.3) is 0 Å². The second-order valence-corrected chi connectivity index (χ2v) is 17.6. The van der Waals surface area contributed by atoms with E-state index in [1.807, 2.05) is 0 Å². The lowest BCUT2D eigenvalue weighted by Crippen LogP contribution is -2.15. The Morgan fingerprint density at radius 2 is 2.08 bits per heavy atom. The Morgan fingerprint density at radius 3 is 2.50 bits per heavy atom. The van der Waals surface area contributed by atoms with Gasteiger partial charge in [0.1, 0.15) is 0 Å². The van der Waals surface area contributed by atoms with Crippen LogP contribution in [0.15, 0.2) is 0 Å². The predicted molar refractivity (Wildman–Crippen MR) is 58.3 cm³/mol. The van der Waals surface area contributed by atoms with Crippen LogP contribution < -0.4 is 0 Å². The molecule has 1 aliphatic heterocycles. The van der Waals surface area contributed by atoms with Gasteiger partial charge in [-0.25, -0.2) is 0 Å². The third-order valence-electron chi connectivity index (χ3n) is 1.74. The molecule has 0 N–H and O–H groups in total. The van der Waals surface area contributed by atoms with Crippen molar-refractivity contribution in [3.05, 3.63) is 0 Å². The Kier molecular flexibility index (Phi) is 3.93. The van der Waals surface area contributed by atoms with E-state index >= 15 is 0 Å². The molecule has 1 fully saturated rings. The summed E-state index contributed by atoms with van der Waals surface area (Å²) in [7, 11) is -1.00. The summed E-state index contributed by atoms with van der Waals surface area (Å²) in [4.78, 5) is 0. The zero-order chi connectivity index (χ0) is 9.19. The van der Waals surface area contributed by atoms with Crippen LogP contribution in [0.1, 0.15) is 0 Å². The van der Waals surface area contributed by atoms with Crippen LogP contribution in [0.4, 0.5) is 0 Å². The van der Waals surface area contributed by atoms with E-state index in [9.17, 15) is 0 Å². The molecule has 2 nitrogen and oxygen atoms in total. The lowest BCUT2D eigenvalue weighted by atomic mass is 11.0. The number of hydrogen-bond donors (Lipinski definition) is 0. The first-order chi connectivity index (χ1) is 5.52. The Balaban J connectivity index is 1.91. The molecule has 1 saturated heterocycles. The molecular formula is C6H16O2Si4. The van der Waals surface area contributed by atoms with Gasteiger partial charge in [0.15, 0.2) is 16.9 Å². The van der Waals surface area contributed by atoms with Crippen LogP contribution in [0.3, 0.4) is 0 Å². The smallest absolute Gasteiger partial charge is 0.215 e. The van der Waals surface area contributed by atoms with Gasteiger partial charge in [-0.3, -0.25) is 0 Å². The van der Waals surface area contributed by atoms with Crippen molar-refractivity contribution in [2.45, 2.75) is 38.3 Å². The highest BCUT2D eigenvalue weighted by Crippen LogP contribution is 2.30. The van der Waals surface area contributed by atoms with E-state index in [4.69, 9.17) is 8.23 Å². The first kappa shape index (κ1) is 10.9. The van der Waals surface area contributed by atoms with Crippen molar-refractivity contribution in [1.82, 2.24) is 0 Å². The van der Waals surface area contributed by atoms with Crippen molar-refractivity contribution in [3.8, 4) is 0 Å². The molecular weight excluding hydrogens is 216 g/mol. The van der Waals surface area contributed by atoms with Crippen molar-refractivity contribution >= 4 is 35.2 Å². The molecule has 0 aliphatic carbocycles. The van der Waals surface area contributed by atoms with E-state index in [1.165, 1.54) is 12.1 Å². The van der Waals surface area contributed by atoms with Crippen molar-refractivity contribution < 1.29 is 8.23 Å². The van der Waals surface area contributed by atoms with Crippen LogP contribution in [0.2, 0.25) is 38.3 Å². The highest BCUT2D eigenvalue weighted by molar-refractivity contribution is 7.40. The molecule has 68 valence electrons. The van der Waals surface area contributed by atoms with Gasteiger partial charge in [-0.15, -0.1) is 0 Å². The maximum atomic E-state index is 5.71. The van der Waals surface area contributed by atoms with E-state index in [2.05, 4.69) is 26.2 Å². The second-order valence-electron chi connectivity index (χ2n) is 3.69. The zero-order valence-corrected chi connectivity index (χ0v) is 12.2. The van der Waals surface area contributed by atoms with Crippen LogP contribution in [0.5, 0.6) is 0 Å². The third kappa shape index (κ3) is 3.67. The SMILES string of the molecule is C[Si](C)O[Si]CC[Si]1O[Si]1(C)C. The highest BCUT2D eigenvalue weighted by atomic mass is 29.3. The van der Waals surface area contributed by atoms with E-state index in [0.717, 1.165) is 9.76 Å². The topological polar surface area (TPSA) is 21.8 Å². The molecule has 0 saturated carbocycles. The average Bonchev–Trinajstić information content (AvgIpc) is 2.51. The minimum absolute atomic E-state index is 0.281. The van der Waals surface area contributed by atoms with Gasteiger partial charge in [0.2, 0.25) is 18.3 Å². The Bertz CT molecular complexity index is 150. The van der Waals surface area contributed by atoms with Gasteiger partial charge in [-0.2, -0.15) is 0 Å². The normalized spacial score (nSPS) is 21.8. The Hall–Kier alpha value is 0.788. The summed E-state index contributed by atoms with van der Waals surface area (Å²) in [5.74, 6) is 0. The third-order valence-corrected chi connectivity index (χ3v) is 14.4. The summed E-state index contributed by atoms with van der Waals surface area (Å²) in [6.07, 6.45) is 0. The van der Waals surface area contributed by atoms with Crippen molar-refractivity contribution in [2.75, 3.05) is 0 Å². The fourth-order valence-corrected chi connectivity index (χ4v) is 12.6. The second kappa shape index (κ2) is 4.34. The molecule has 0 amide bonds. The first-order valence-electron chi connectivity index (χ1n) is 4.27. The molecule has 0 aromatic carbocycles. The maximum absolute atomic E-state index is 5.71. The summed E-state index contributed by atoms with van der Waals surface area (Å²) in [6, 6.07) is 2.58. The van der Waals surface area contributed by atoms with Crippen LogP contribution in [0, 0.1) is 0 Å². The predicted octanol–water partition coefficient (Wildman–Crippen LogP) is 1.60. The van der Waals surface area contributed by atoms with E-state index in [0.29, 0.717) is 0 Å². The maximum Gasteiger partial charge on any atom is 0.215 e. The summed E-state index contributed by atoms with van der Waals surface area (Å²) in [6.45, 7) is 9.05. The van der Waals surface area contributed by atoms with Gasteiger partial charge in [-0.1, -0.05) is 0 Å². The van der Waals surface area contributed by atoms with Gasteiger partial charge in [0, 0.05) is 0 Å². The fourth-order valence-electron chi connectivity index (χ4n) is 0.994. The summed E-state index contributed by atoms with van der Waals surface area (Å²) < 4.78 is 11.3. The molecule has 1 rings (SSSR count). The van der Waals surface area contributed by atoms with Gasteiger partial charge in [0.05, 0.1) is 0 Å². The summed E-state index contributed by atoms with van der Waals surface area (Å²) in [5.41, 5.74) is 0. The quantitative estimate of drug-likeness (QED) is 0.408. The van der Waals surface area contributed by atoms with Gasteiger partial charge in [-0.05, 0) is 38.3 Å². The monoisotopic (exact) mass is 232 g/mol. The number of hydrogen-bond acceptors (Lipinski definition) is 2. The van der Waals surface area contributed by atoms with Gasteiger partial charge >= 0.3 is 0 Å². The minimum Gasteiger partial charge on any atom is -0.456 e. The lowest BCUT2D eigenvalue weighted by Gasteiger charge is -2.02. The van der Waals surface area contributed by atoms with E-state index in [1.54, 1.807) is 0 Å². The molecule has 0 aromatic rings. The van der Waals surface area contributed by atoms with Crippen LogP contribution in [-0.2, 0) is 8.23 Å². The molecule has 1 aliphatic rings. The first-order valence-corrected chi connectivity index (χ1v) is 13.3. The fraction of sp³-hybridized carbons (Fsp3) is 1.00. The molecule has 1 heterocycles. The van der Waals surface area contributed by atoms with Gasteiger partial charge in [0.25, 0.3) is 0 Å². The minimum atomic E-state index is -1.01. The standard InChI is InChI=1S/C6H16O2Si4/c1-10(2)7-9-5-6-11-8-12(11,3)4/h5-6H2,1-4H3. The van der Waals surface area contributed by atoms with Gasteiger partial charge < -0.3 is 8.23 Å². The highest BCUT2D eigenvalue weighted by Gasteiger charge is 2.52. The summed E-state index contributed by atoms with van der Waals surface area (Å²) in [5, 5.41) is 0. The Labute approximate surface area is 82.0 Å². The molecule has 6 heteroatoms. The van der Waals surface area contributed by atoms with Crippen molar-refractivity contribution in [3.63, 3.8) is 0 Å². The molecule has 0 unspecified atom stereocenters. The molecule has 0 atom stereocenters. The zero-order valence-electron chi connectivity index (χ0n) is 8.23. The van der Waals surface area contributed by atoms with E-state index in [-0.39, 0.29) is 8.56 Å². The average molecular weight is 233 g/mol. The summed E-state index contributed by atoms with van der Waals surface area (Å²) >= 11 is 0. The molecule has 0 bridgehead atoms. The number of rotatable bonds is 5. The van der Waals surface area contributed by atoms with E-state index < -0.39 is 16.9 Å². The van der Waals surface area contributed by atoms with Crippen molar-refractivity contribution in [1.29, 1.82) is 0 Å². The lowest BCUT2D eigenvalue weighted by molar-refractivity contribution is 0.621. The largest absolute Gasteiger partial charge is 0.456 e. The Morgan fingerprint density at radius 1 is 1.50 bits per heavy atom. The molecule has 12 heavy (non-hydrogen) atoms. The van der Waals surface area contributed by atoms with Crippen LogP contribution >= 0.6 is 0 Å². The van der Waals surface area contributed by atoms with Crippen molar-refractivity contribution in [2.24, 2.45) is 0 Å². The molecule has 4 radical (unpaired) electrons. The van der Waals surface area contributed by atoms with Crippen LogP contribution in [-0.4, -0.2) is 35.2 Å². The molecule has 0 spiro atoms. The molecule has 0 aromatic heterocycles.